The van der Waals surface area contributed by atoms with Gasteiger partial charge in [-0.2, -0.15) is 0 Å². The molecular formula is C23H17Cl2NO6. The van der Waals surface area contributed by atoms with E-state index in [0.717, 1.165) is 0 Å². The van der Waals surface area contributed by atoms with E-state index in [9.17, 15) is 9.59 Å². The number of halogens is 2. The van der Waals surface area contributed by atoms with Gasteiger partial charge in [-0.05, 0) is 41.9 Å². The van der Waals surface area contributed by atoms with E-state index in [1.165, 1.54) is 19.3 Å². The number of aryl methyl sites for hydroxylation is 2. The topological polar surface area (TPSA) is 87.9 Å². The van der Waals surface area contributed by atoms with Crippen molar-refractivity contribution >= 4 is 41.0 Å². The van der Waals surface area contributed by atoms with Crippen LogP contribution in [0.2, 0.25) is 10.0 Å². The zero-order chi connectivity index (χ0) is 22.8. The summed E-state index contributed by atoms with van der Waals surface area (Å²) < 4.78 is 21.2. The van der Waals surface area contributed by atoms with E-state index in [1.807, 2.05) is 0 Å². The number of fused-ring (bicyclic) bond motifs is 1. The van der Waals surface area contributed by atoms with Gasteiger partial charge in [0, 0.05) is 34.2 Å². The number of hydrogen-bond donors (Lipinski definition) is 0. The van der Waals surface area contributed by atoms with Crippen molar-refractivity contribution in [1.82, 2.24) is 5.16 Å². The Bertz CT molecular complexity index is 1230. The summed E-state index contributed by atoms with van der Waals surface area (Å²) in [7, 11) is 1.47. The third-order valence-corrected chi connectivity index (χ3v) is 5.43. The standard InChI is InChI=1S/C23H17Cl2NO6/c1-12-8-14(30-21(27)7-6-13-10-20(29-2)26-32-13)9-18-22(12)23(28)19(31-18)11-15-16(24)4-3-5-17(15)25/h3-5,8-11H,6-7H2,1-2H3/b19-11-. The van der Waals surface area contributed by atoms with Crippen LogP contribution in [0.4, 0.5) is 0 Å². The van der Waals surface area contributed by atoms with Gasteiger partial charge < -0.3 is 18.7 Å². The number of esters is 1. The highest BCUT2D eigenvalue weighted by Gasteiger charge is 2.30. The molecule has 0 N–H and O–H groups in total. The fourth-order valence-electron chi connectivity index (χ4n) is 3.23. The molecule has 4 rings (SSSR count). The second-order valence-electron chi connectivity index (χ2n) is 7.00. The van der Waals surface area contributed by atoms with Gasteiger partial charge >= 0.3 is 5.97 Å². The highest BCUT2D eigenvalue weighted by Crippen LogP contribution is 2.38. The number of benzene rings is 2. The summed E-state index contributed by atoms with van der Waals surface area (Å²) in [6.45, 7) is 1.74. The molecule has 0 aliphatic carbocycles. The maximum atomic E-state index is 12.9. The van der Waals surface area contributed by atoms with Crippen molar-refractivity contribution in [3.63, 3.8) is 0 Å². The quantitative estimate of drug-likeness (QED) is 0.267. The summed E-state index contributed by atoms with van der Waals surface area (Å²) in [6, 6.07) is 9.77. The number of ketones is 1. The van der Waals surface area contributed by atoms with Crippen molar-refractivity contribution in [1.29, 1.82) is 0 Å². The average molecular weight is 474 g/mol. The summed E-state index contributed by atoms with van der Waals surface area (Å²) in [6.07, 6.45) is 1.88. The summed E-state index contributed by atoms with van der Waals surface area (Å²) in [5.74, 6) is 0.727. The lowest BCUT2D eigenvalue weighted by Gasteiger charge is -2.07. The van der Waals surface area contributed by atoms with Crippen LogP contribution in [-0.2, 0) is 11.2 Å². The molecule has 0 radical (unpaired) electrons. The molecule has 2 aromatic carbocycles. The van der Waals surface area contributed by atoms with Gasteiger partial charge in [0.25, 0.3) is 5.88 Å². The zero-order valence-electron chi connectivity index (χ0n) is 17.1. The molecule has 0 saturated carbocycles. The molecule has 1 aliphatic heterocycles. The molecule has 0 saturated heterocycles. The predicted octanol–water partition coefficient (Wildman–Crippen LogP) is 5.45. The van der Waals surface area contributed by atoms with Gasteiger partial charge in [0.05, 0.1) is 19.1 Å². The largest absolute Gasteiger partial charge is 0.479 e. The fourth-order valence-corrected chi connectivity index (χ4v) is 3.74. The number of Topliss-reactive ketones (excluding diaryl/α,β-unsaturated/α-hetero) is 1. The van der Waals surface area contributed by atoms with Gasteiger partial charge in [-0.15, -0.1) is 0 Å². The summed E-state index contributed by atoms with van der Waals surface area (Å²) in [5.41, 5.74) is 1.50. The number of ether oxygens (including phenoxy) is 3. The van der Waals surface area contributed by atoms with Crippen LogP contribution in [0.5, 0.6) is 17.4 Å². The highest BCUT2D eigenvalue weighted by atomic mass is 35.5. The van der Waals surface area contributed by atoms with Gasteiger partial charge in [0.1, 0.15) is 17.3 Å². The number of carbonyl (C=O) groups excluding carboxylic acids is 2. The number of methoxy groups -OCH3 is 1. The van der Waals surface area contributed by atoms with E-state index in [2.05, 4.69) is 5.16 Å². The van der Waals surface area contributed by atoms with Crippen molar-refractivity contribution in [3.8, 4) is 17.4 Å². The van der Waals surface area contributed by atoms with Gasteiger partial charge in [0.2, 0.25) is 5.78 Å². The molecule has 0 atom stereocenters. The number of hydrogen-bond acceptors (Lipinski definition) is 7. The first-order chi connectivity index (χ1) is 15.4. The van der Waals surface area contributed by atoms with Gasteiger partial charge in [0.15, 0.2) is 5.76 Å². The second kappa shape index (κ2) is 9.06. The molecular weight excluding hydrogens is 457 g/mol. The van der Waals surface area contributed by atoms with Crippen molar-refractivity contribution < 1.29 is 28.3 Å². The molecule has 0 amide bonds. The molecule has 0 unspecified atom stereocenters. The van der Waals surface area contributed by atoms with Crippen LogP contribution >= 0.6 is 23.2 Å². The first-order valence-electron chi connectivity index (χ1n) is 9.59. The van der Waals surface area contributed by atoms with Crippen molar-refractivity contribution in [2.75, 3.05) is 7.11 Å². The summed E-state index contributed by atoms with van der Waals surface area (Å²) in [4.78, 5) is 25.1. The highest BCUT2D eigenvalue weighted by molar-refractivity contribution is 6.37. The van der Waals surface area contributed by atoms with Crippen LogP contribution in [0.25, 0.3) is 6.08 Å². The molecule has 3 aromatic rings. The molecule has 0 bridgehead atoms. The monoisotopic (exact) mass is 473 g/mol. The minimum atomic E-state index is -0.470. The van der Waals surface area contributed by atoms with Crippen molar-refractivity contribution in [2.45, 2.75) is 19.8 Å². The molecule has 0 spiro atoms. The summed E-state index contributed by atoms with van der Waals surface area (Å²) in [5, 5.41) is 4.48. The predicted molar refractivity (Wildman–Crippen MR) is 118 cm³/mol. The first-order valence-corrected chi connectivity index (χ1v) is 10.3. The molecule has 32 heavy (non-hydrogen) atoms. The molecule has 0 fully saturated rings. The normalized spacial score (nSPS) is 13.8. The van der Waals surface area contributed by atoms with Crippen LogP contribution in [0, 0.1) is 6.92 Å². The molecule has 1 aliphatic rings. The Morgan fingerprint density at radius 1 is 1.19 bits per heavy atom. The number of carbonyl (C=O) groups is 2. The molecule has 9 heteroatoms. The van der Waals surface area contributed by atoms with E-state index >= 15 is 0 Å². The SMILES string of the molecule is COc1cc(CCC(=O)Oc2cc(C)c3c(c2)O/C(=C\c2c(Cl)cccc2Cl)C3=O)on1. The Hall–Kier alpha value is -3.29. The second-order valence-corrected chi connectivity index (χ2v) is 7.81. The molecule has 164 valence electrons. The Balaban J connectivity index is 1.49. The summed E-state index contributed by atoms with van der Waals surface area (Å²) >= 11 is 12.4. The third-order valence-electron chi connectivity index (χ3n) is 4.77. The minimum absolute atomic E-state index is 0.0738. The van der Waals surface area contributed by atoms with Gasteiger partial charge in [-0.3, -0.25) is 9.59 Å². The molecule has 7 nitrogen and oxygen atoms in total. The smallest absolute Gasteiger partial charge is 0.311 e. The lowest BCUT2D eigenvalue weighted by molar-refractivity contribution is -0.134. The molecule has 1 aromatic heterocycles. The van der Waals surface area contributed by atoms with Gasteiger partial charge in [-0.25, -0.2) is 0 Å². The van der Waals surface area contributed by atoms with Crippen molar-refractivity contribution in [3.05, 3.63) is 74.7 Å². The third kappa shape index (κ3) is 4.49. The number of rotatable bonds is 6. The van der Waals surface area contributed by atoms with E-state index in [-0.39, 0.29) is 23.7 Å². The van der Waals surface area contributed by atoms with E-state index in [1.54, 1.807) is 37.3 Å². The Kier molecular flexibility index (Phi) is 6.21. The minimum Gasteiger partial charge on any atom is -0.479 e. The zero-order valence-corrected chi connectivity index (χ0v) is 18.6. The Morgan fingerprint density at radius 2 is 1.94 bits per heavy atom. The van der Waals surface area contributed by atoms with Gasteiger partial charge in [-0.1, -0.05) is 29.3 Å². The lowest BCUT2D eigenvalue weighted by atomic mass is 10.0. The number of aromatic nitrogens is 1. The first kappa shape index (κ1) is 21.9. The average Bonchev–Trinajstić information content (AvgIpc) is 3.33. The van der Waals surface area contributed by atoms with Crippen LogP contribution in [0.1, 0.15) is 33.7 Å². The number of allylic oxidation sites excluding steroid dienone is 1. The van der Waals surface area contributed by atoms with E-state index in [0.29, 0.717) is 50.5 Å². The Morgan fingerprint density at radius 3 is 2.62 bits per heavy atom. The van der Waals surface area contributed by atoms with Crippen LogP contribution in [0.3, 0.4) is 0 Å². The van der Waals surface area contributed by atoms with E-state index in [4.69, 9.17) is 41.9 Å². The maximum Gasteiger partial charge on any atom is 0.311 e. The van der Waals surface area contributed by atoms with E-state index < -0.39 is 5.97 Å². The lowest BCUT2D eigenvalue weighted by Crippen LogP contribution is -2.09. The van der Waals surface area contributed by atoms with Crippen LogP contribution < -0.4 is 14.2 Å². The van der Waals surface area contributed by atoms with Crippen LogP contribution in [0.15, 0.2) is 46.7 Å². The maximum absolute atomic E-state index is 12.9. The molecule has 2 heterocycles. The van der Waals surface area contributed by atoms with Crippen molar-refractivity contribution in [2.24, 2.45) is 0 Å². The fraction of sp³-hybridized carbons (Fsp3) is 0.174. The Labute approximate surface area is 193 Å². The van der Waals surface area contributed by atoms with Crippen LogP contribution in [-0.4, -0.2) is 24.0 Å². The number of nitrogens with zero attached hydrogens (tertiary/aromatic N) is 1.